The summed E-state index contributed by atoms with van der Waals surface area (Å²) in [5.41, 5.74) is 5.35. The first-order valence-electron chi connectivity index (χ1n) is 4.75. The molecule has 0 saturated heterocycles. The lowest BCUT2D eigenvalue weighted by molar-refractivity contribution is -0.148. The quantitative estimate of drug-likeness (QED) is 0.442. The molecule has 0 fully saturated rings. The third kappa shape index (κ3) is 5.34. The van der Waals surface area contributed by atoms with E-state index in [2.05, 4.69) is 10.1 Å². The smallest absolute Gasteiger partial charge is 0.332 e. The maximum absolute atomic E-state index is 11.3. The van der Waals surface area contributed by atoms with Crippen molar-refractivity contribution >= 4 is 11.9 Å². The Bertz CT molecular complexity index is 220. The van der Waals surface area contributed by atoms with Gasteiger partial charge >= 0.3 is 5.97 Å². The molecule has 6 nitrogen and oxygen atoms in total. The van der Waals surface area contributed by atoms with E-state index in [0.717, 1.165) is 0 Å². The molecule has 0 bridgehead atoms. The van der Waals surface area contributed by atoms with Crippen LogP contribution in [0.4, 0.5) is 0 Å². The minimum Gasteiger partial charge on any atom is -0.464 e. The fraction of sp³-hybridized carbons (Fsp3) is 0.778. The van der Waals surface area contributed by atoms with Crippen molar-refractivity contribution in [1.82, 2.24) is 5.32 Å². The third-order valence-electron chi connectivity index (χ3n) is 1.79. The average Bonchev–Trinajstić information content (AvgIpc) is 2.24. The molecular weight excluding hydrogens is 200 g/mol. The molecule has 1 amide bonds. The lowest BCUT2D eigenvalue weighted by atomic mass is 10.3. The van der Waals surface area contributed by atoms with Gasteiger partial charge in [0.2, 0.25) is 5.91 Å². The Morgan fingerprint density at radius 2 is 2.07 bits per heavy atom. The fourth-order valence-electron chi connectivity index (χ4n) is 0.777. The van der Waals surface area contributed by atoms with Gasteiger partial charge in [-0.15, -0.1) is 0 Å². The van der Waals surface area contributed by atoms with Gasteiger partial charge in [-0.05, 0) is 13.8 Å². The summed E-state index contributed by atoms with van der Waals surface area (Å²) in [6, 6.07) is -1.27. The van der Waals surface area contributed by atoms with Crippen LogP contribution in [0.15, 0.2) is 0 Å². The molecule has 0 rings (SSSR count). The van der Waals surface area contributed by atoms with Crippen LogP contribution in [0.3, 0.4) is 0 Å². The maximum Gasteiger partial charge on any atom is 0.332 e. The number of methoxy groups -OCH3 is 1. The second kappa shape index (κ2) is 7.19. The maximum atomic E-state index is 11.3. The minimum absolute atomic E-state index is 0.122. The highest BCUT2D eigenvalue weighted by Crippen LogP contribution is 1.88. The molecule has 0 radical (unpaired) electrons. The van der Waals surface area contributed by atoms with E-state index in [1.807, 2.05) is 0 Å². The zero-order chi connectivity index (χ0) is 11.8. The van der Waals surface area contributed by atoms with E-state index in [0.29, 0.717) is 6.54 Å². The SMILES string of the molecule is CCOC(=O)C(N)C(=O)NCC(C)OC. The summed E-state index contributed by atoms with van der Waals surface area (Å²) >= 11 is 0. The number of carbonyl (C=O) groups excluding carboxylic acids is 2. The number of carbonyl (C=O) groups is 2. The lowest BCUT2D eigenvalue weighted by Gasteiger charge is -2.13. The topological polar surface area (TPSA) is 90.7 Å². The molecule has 88 valence electrons. The minimum atomic E-state index is -1.27. The Morgan fingerprint density at radius 1 is 1.47 bits per heavy atom. The molecule has 2 atom stereocenters. The highest BCUT2D eigenvalue weighted by atomic mass is 16.5. The zero-order valence-corrected chi connectivity index (χ0v) is 9.28. The number of hydrogen-bond acceptors (Lipinski definition) is 5. The normalized spacial score (nSPS) is 14.1. The van der Waals surface area contributed by atoms with Crippen molar-refractivity contribution in [2.75, 3.05) is 20.3 Å². The van der Waals surface area contributed by atoms with Crippen molar-refractivity contribution in [3.05, 3.63) is 0 Å². The third-order valence-corrected chi connectivity index (χ3v) is 1.79. The number of amides is 1. The van der Waals surface area contributed by atoms with Gasteiger partial charge in [0, 0.05) is 13.7 Å². The first kappa shape index (κ1) is 13.9. The van der Waals surface area contributed by atoms with E-state index in [4.69, 9.17) is 10.5 Å². The predicted molar refractivity (Wildman–Crippen MR) is 54.1 cm³/mol. The van der Waals surface area contributed by atoms with E-state index in [1.54, 1.807) is 13.8 Å². The van der Waals surface area contributed by atoms with E-state index in [9.17, 15) is 9.59 Å². The highest BCUT2D eigenvalue weighted by Gasteiger charge is 2.23. The van der Waals surface area contributed by atoms with Crippen LogP contribution in [0.1, 0.15) is 13.8 Å². The lowest BCUT2D eigenvalue weighted by Crippen LogP contribution is -2.48. The van der Waals surface area contributed by atoms with Crippen LogP contribution in [0, 0.1) is 0 Å². The predicted octanol–water partition coefficient (Wildman–Crippen LogP) is -0.972. The zero-order valence-electron chi connectivity index (χ0n) is 9.28. The van der Waals surface area contributed by atoms with E-state index in [1.165, 1.54) is 7.11 Å². The second-order valence-electron chi connectivity index (χ2n) is 3.02. The van der Waals surface area contributed by atoms with Gasteiger partial charge in [-0.1, -0.05) is 0 Å². The van der Waals surface area contributed by atoms with Gasteiger partial charge in [-0.2, -0.15) is 0 Å². The van der Waals surface area contributed by atoms with Crippen molar-refractivity contribution in [1.29, 1.82) is 0 Å². The summed E-state index contributed by atoms with van der Waals surface area (Å²) in [5, 5.41) is 2.48. The van der Waals surface area contributed by atoms with Crippen LogP contribution in [-0.4, -0.2) is 44.3 Å². The van der Waals surface area contributed by atoms with Crippen molar-refractivity contribution in [2.45, 2.75) is 26.0 Å². The summed E-state index contributed by atoms with van der Waals surface area (Å²) < 4.78 is 9.52. The van der Waals surface area contributed by atoms with Gasteiger partial charge < -0.3 is 20.5 Å². The molecular formula is C9H18N2O4. The second-order valence-corrected chi connectivity index (χ2v) is 3.02. The van der Waals surface area contributed by atoms with Crippen molar-refractivity contribution in [3.63, 3.8) is 0 Å². The summed E-state index contributed by atoms with van der Waals surface area (Å²) in [6.07, 6.45) is -0.122. The molecule has 0 aromatic heterocycles. The van der Waals surface area contributed by atoms with E-state index >= 15 is 0 Å². The van der Waals surface area contributed by atoms with Gasteiger partial charge in [0.25, 0.3) is 0 Å². The molecule has 0 aliphatic carbocycles. The van der Waals surface area contributed by atoms with Gasteiger partial charge in [-0.25, -0.2) is 4.79 Å². The van der Waals surface area contributed by atoms with Crippen molar-refractivity contribution in [3.8, 4) is 0 Å². The first-order valence-corrected chi connectivity index (χ1v) is 4.75. The number of nitrogens with one attached hydrogen (secondary N) is 1. The molecule has 2 unspecified atom stereocenters. The number of hydrogen-bond donors (Lipinski definition) is 2. The Hall–Kier alpha value is -1.14. The van der Waals surface area contributed by atoms with Gasteiger partial charge in [0.15, 0.2) is 6.04 Å². The van der Waals surface area contributed by atoms with Crippen LogP contribution >= 0.6 is 0 Å². The molecule has 0 aliphatic heterocycles. The summed E-state index contributed by atoms with van der Waals surface area (Å²) in [6.45, 7) is 3.95. The van der Waals surface area contributed by atoms with Gasteiger partial charge in [0.1, 0.15) is 0 Å². The van der Waals surface area contributed by atoms with Gasteiger partial charge in [0.05, 0.1) is 12.7 Å². The molecule has 0 aromatic rings. The monoisotopic (exact) mass is 218 g/mol. The largest absolute Gasteiger partial charge is 0.464 e. The van der Waals surface area contributed by atoms with Crippen LogP contribution in [0.25, 0.3) is 0 Å². The molecule has 15 heavy (non-hydrogen) atoms. The van der Waals surface area contributed by atoms with E-state index in [-0.39, 0.29) is 12.7 Å². The Morgan fingerprint density at radius 3 is 2.53 bits per heavy atom. The van der Waals surface area contributed by atoms with Crippen molar-refractivity contribution in [2.24, 2.45) is 5.73 Å². The van der Waals surface area contributed by atoms with Crippen LogP contribution in [-0.2, 0) is 19.1 Å². The highest BCUT2D eigenvalue weighted by molar-refractivity contribution is 6.01. The number of rotatable bonds is 6. The number of esters is 1. The van der Waals surface area contributed by atoms with Crippen molar-refractivity contribution < 1.29 is 19.1 Å². The average molecular weight is 218 g/mol. The Kier molecular flexibility index (Phi) is 6.64. The molecule has 0 heterocycles. The van der Waals surface area contributed by atoms with E-state index < -0.39 is 17.9 Å². The number of ether oxygens (including phenoxy) is 2. The van der Waals surface area contributed by atoms with Crippen LogP contribution in [0.2, 0.25) is 0 Å². The first-order chi connectivity index (χ1) is 7.02. The summed E-state index contributed by atoms with van der Waals surface area (Å²) in [4.78, 5) is 22.3. The number of nitrogens with two attached hydrogens (primary N) is 1. The Balaban J connectivity index is 3.93. The summed E-state index contributed by atoms with van der Waals surface area (Å²) in [5.74, 6) is -1.28. The van der Waals surface area contributed by atoms with Gasteiger partial charge in [-0.3, -0.25) is 4.79 Å². The molecule has 0 spiro atoms. The molecule has 6 heteroatoms. The molecule has 3 N–H and O–H groups in total. The summed E-state index contributed by atoms with van der Waals surface area (Å²) in [7, 11) is 1.53. The molecule has 0 aromatic carbocycles. The Labute approximate surface area is 89.1 Å². The standard InChI is InChI=1S/C9H18N2O4/c1-4-15-9(13)7(10)8(12)11-5-6(2)14-3/h6-7H,4-5,10H2,1-3H3,(H,11,12). The molecule has 0 saturated carbocycles. The molecule has 0 aliphatic rings. The fourth-order valence-corrected chi connectivity index (χ4v) is 0.777. The van der Waals surface area contributed by atoms with Crippen LogP contribution < -0.4 is 11.1 Å². The van der Waals surface area contributed by atoms with Crippen LogP contribution in [0.5, 0.6) is 0 Å².